The minimum absolute atomic E-state index is 0.267. The van der Waals surface area contributed by atoms with E-state index >= 15 is 0 Å². The van der Waals surface area contributed by atoms with Gasteiger partial charge < -0.3 is 45.0 Å². The number of fused-ring (bicyclic) bond motifs is 1. The minimum atomic E-state index is 0.267. The van der Waals surface area contributed by atoms with Crippen molar-refractivity contribution >= 4 is 22.8 Å². The summed E-state index contributed by atoms with van der Waals surface area (Å²) in [6.45, 7) is 8.32. The van der Waals surface area contributed by atoms with Crippen molar-refractivity contribution in [2.24, 2.45) is 5.73 Å². The molecule has 1 aromatic carbocycles. The van der Waals surface area contributed by atoms with Crippen LogP contribution in [-0.2, 0) is 32.1 Å². The SMILES string of the molecule is CCCCCNc1nc(N)nc2ccn(Cc3ccc(COCCOCCOCCOCCN)cc3OC)c12. The van der Waals surface area contributed by atoms with Crippen LogP contribution >= 0.6 is 0 Å². The fraction of sp³-hybridized carbons (Fsp3) is 0.571. The Balaban J connectivity index is 1.48. The molecule has 11 nitrogen and oxygen atoms in total. The Bertz CT molecular complexity index is 1110. The standard InChI is InChI=1S/C28H44N6O5/c1-3-4-5-10-31-27-26-24(32-28(30)33-27)8-11-34(26)20-23-7-6-22(19-25(23)35-2)21-39-18-17-38-16-15-37-14-13-36-12-9-29/h6-8,11,19H,3-5,9-10,12-18,20-21,29H2,1-2H3,(H3,30,31,32,33). The van der Waals surface area contributed by atoms with Gasteiger partial charge in [-0.3, -0.25) is 0 Å². The number of ether oxygens (including phenoxy) is 5. The van der Waals surface area contributed by atoms with Crippen LogP contribution in [0.25, 0.3) is 11.0 Å². The molecule has 216 valence electrons. The number of nitrogens with two attached hydrogens (primary N) is 2. The molecular formula is C28H44N6O5. The van der Waals surface area contributed by atoms with Crippen molar-refractivity contribution in [1.82, 2.24) is 14.5 Å². The Kier molecular flexibility index (Phi) is 13.8. The summed E-state index contributed by atoms with van der Waals surface area (Å²) in [5, 5.41) is 3.44. The molecule has 3 aromatic rings. The van der Waals surface area contributed by atoms with Gasteiger partial charge in [-0.2, -0.15) is 4.98 Å². The van der Waals surface area contributed by atoms with Gasteiger partial charge in [0, 0.05) is 24.8 Å². The number of benzene rings is 1. The third-order valence-corrected chi connectivity index (χ3v) is 6.04. The molecule has 0 radical (unpaired) electrons. The summed E-state index contributed by atoms with van der Waals surface area (Å²) in [6, 6.07) is 8.11. The van der Waals surface area contributed by atoms with Gasteiger partial charge in [-0.25, -0.2) is 4.98 Å². The van der Waals surface area contributed by atoms with Crippen molar-refractivity contribution < 1.29 is 23.7 Å². The van der Waals surface area contributed by atoms with Gasteiger partial charge in [0.05, 0.1) is 72.0 Å². The summed E-state index contributed by atoms with van der Waals surface area (Å²) in [5.74, 6) is 1.83. The molecule has 0 saturated carbocycles. The largest absolute Gasteiger partial charge is 0.496 e. The number of aromatic nitrogens is 3. The van der Waals surface area contributed by atoms with Crippen molar-refractivity contribution in [1.29, 1.82) is 0 Å². The topological polar surface area (TPSA) is 141 Å². The minimum Gasteiger partial charge on any atom is -0.496 e. The molecule has 0 aliphatic carbocycles. The molecular weight excluding hydrogens is 500 g/mol. The van der Waals surface area contributed by atoms with Crippen molar-refractivity contribution in [2.45, 2.75) is 39.3 Å². The van der Waals surface area contributed by atoms with Crippen LogP contribution in [0, 0.1) is 0 Å². The average molecular weight is 545 g/mol. The second kappa shape index (κ2) is 17.6. The van der Waals surface area contributed by atoms with Crippen molar-refractivity contribution in [2.75, 3.05) is 77.5 Å². The van der Waals surface area contributed by atoms with E-state index in [0.717, 1.165) is 53.1 Å². The number of methoxy groups -OCH3 is 1. The summed E-state index contributed by atoms with van der Waals surface area (Å²) < 4.78 is 29.8. The van der Waals surface area contributed by atoms with E-state index in [-0.39, 0.29) is 5.95 Å². The molecule has 11 heteroatoms. The van der Waals surface area contributed by atoms with Crippen LogP contribution in [0.5, 0.6) is 5.75 Å². The highest BCUT2D eigenvalue weighted by atomic mass is 16.6. The number of hydrogen-bond acceptors (Lipinski definition) is 10. The van der Waals surface area contributed by atoms with E-state index in [2.05, 4.69) is 38.9 Å². The molecule has 0 fully saturated rings. The number of nitrogens with one attached hydrogen (secondary N) is 1. The van der Waals surface area contributed by atoms with E-state index in [9.17, 15) is 0 Å². The normalized spacial score (nSPS) is 11.4. The number of anilines is 2. The molecule has 3 rings (SSSR count). The van der Waals surface area contributed by atoms with Crippen LogP contribution < -0.4 is 21.5 Å². The average Bonchev–Trinajstić information content (AvgIpc) is 3.34. The van der Waals surface area contributed by atoms with Crippen molar-refractivity contribution in [3.8, 4) is 5.75 Å². The number of nitrogen functional groups attached to an aromatic ring is 1. The van der Waals surface area contributed by atoms with Crippen LogP contribution in [0.1, 0.15) is 37.3 Å². The molecule has 0 spiro atoms. The Hall–Kier alpha value is -2.96. The van der Waals surface area contributed by atoms with Crippen molar-refractivity contribution in [3.05, 3.63) is 41.6 Å². The van der Waals surface area contributed by atoms with Gasteiger partial charge >= 0.3 is 0 Å². The first-order valence-electron chi connectivity index (χ1n) is 13.7. The predicted molar refractivity (Wildman–Crippen MR) is 153 cm³/mol. The molecule has 2 aromatic heterocycles. The molecule has 0 saturated heterocycles. The summed E-state index contributed by atoms with van der Waals surface area (Å²) in [7, 11) is 1.68. The second-order valence-electron chi connectivity index (χ2n) is 9.07. The lowest BCUT2D eigenvalue weighted by Crippen LogP contribution is -2.14. The molecule has 0 atom stereocenters. The highest BCUT2D eigenvalue weighted by Gasteiger charge is 2.13. The van der Waals surface area contributed by atoms with Gasteiger partial charge in [0.2, 0.25) is 5.95 Å². The highest BCUT2D eigenvalue weighted by molar-refractivity contribution is 5.87. The third kappa shape index (κ3) is 10.3. The highest BCUT2D eigenvalue weighted by Crippen LogP contribution is 2.27. The number of nitrogens with zero attached hydrogens (tertiary/aromatic N) is 3. The maximum atomic E-state index is 5.96. The molecule has 0 unspecified atom stereocenters. The Morgan fingerprint density at radius 1 is 0.897 bits per heavy atom. The lowest BCUT2D eigenvalue weighted by molar-refractivity contribution is -0.00336. The fourth-order valence-electron chi connectivity index (χ4n) is 4.09. The Labute approximate surface area is 231 Å². The first-order valence-corrected chi connectivity index (χ1v) is 13.7. The Morgan fingerprint density at radius 2 is 1.62 bits per heavy atom. The van der Waals surface area contributed by atoms with E-state index in [1.807, 2.05) is 18.3 Å². The Morgan fingerprint density at radius 3 is 2.31 bits per heavy atom. The first-order chi connectivity index (χ1) is 19.2. The summed E-state index contributed by atoms with van der Waals surface area (Å²) >= 11 is 0. The zero-order valence-corrected chi connectivity index (χ0v) is 23.3. The number of rotatable bonds is 21. The van der Waals surface area contributed by atoms with Gasteiger partial charge in [0.1, 0.15) is 11.3 Å². The fourth-order valence-corrected chi connectivity index (χ4v) is 4.09. The van der Waals surface area contributed by atoms with Crippen LogP contribution in [0.15, 0.2) is 30.5 Å². The van der Waals surface area contributed by atoms with Crippen LogP contribution in [0.2, 0.25) is 0 Å². The van der Waals surface area contributed by atoms with E-state index in [1.54, 1.807) is 7.11 Å². The van der Waals surface area contributed by atoms with E-state index in [4.69, 9.17) is 35.2 Å². The van der Waals surface area contributed by atoms with Crippen molar-refractivity contribution in [3.63, 3.8) is 0 Å². The van der Waals surface area contributed by atoms with Crippen LogP contribution in [-0.4, -0.2) is 81.0 Å². The third-order valence-electron chi connectivity index (χ3n) is 6.04. The summed E-state index contributed by atoms with van der Waals surface area (Å²) in [6.07, 6.45) is 5.41. The zero-order valence-electron chi connectivity index (χ0n) is 23.3. The van der Waals surface area contributed by atoms with Crippen LogP contribution in [0.3, 0.4) is 0 Å². The van der Waals surface area contributed by atoms with E-state index in [0.29, 0.717) is 65.9 Å². The lowest BCUT2D eigenvalue weighted by atomic mass is 10.1. The second-order valence-corrected chi connectivity index (χ2v) is 9.07. The monoisotopic (exact) mass is 544 g/mol. The lowest BCUT2D eigenvalue weighted by Gasteiger charge is -2.14. The van der Waals surface area contributed by atoms with Gasteiger partial charge in [-0.05, 0) is 24.1 Å². The molecule has 39 heavy (non-hydrogen) atoms. The molecule has 0 aliphatic heterocycles. The number of hydrogen-bond donors (Lipinski definition) is 3. The van der Waals surface area contributed by atoms with Gasteiger partial charge in [0.25, 0.3) is 0 Å². The van der Waals surface area contributed by atoms with Crippen LogP contribution in [0.4, 0.5) is 11.8 Å². The molecule has 0 bridgehead atoms. The zero-order chi connectivity index (χ0) is 27.7. The van der Waals surface area contributed by atoms with Gasteiger partial charge in [-0.15, -0.1) is 0 Å². The summed E-state index contributed by atoms with van der Waals surface area (Å²) in [5.41, 5.74) is 15.1. The molecule has 0 aliphatic rings. The number of unbranched alkanes of at least 4 members (excludes halogenated alkanes) is 2. The molecule has 5 N–H and O–H groups in total. The predicted octanol–water partition coefficient (Wildman–Crippen LogP) is 3.20. The first kappa shape index (κ1) is 30.6. The van der Waals surface area contributed by atoms with Gasteiger partial charge in [0.15, 0.2) is 5.82 Å². The smallest absolute Gasteiger partial charge is 0.222 e. The van der Waals surface area contributed by atoms with E-state index < -0.39 is 0 Å². The maximum absolute atomic E-state index is 5.96. The molecule has 0 amide bonds. The van der Waals surface area contributed by atoms with Gasteiger partial charge in [-0.1, -0.05) is 31.9 Å². The van der Waals surface area contributed by atoms with E-state index in [1.165, 1.54) is 6.42 Å². The quantitative estimate of drug-likeness (QED) is 0.171. The molecule has 2 heterocycles. The maximum Gasteiger partial charge on any atom is 0.222 e. The summed E-state index contributed by atoms with van der Waals surface area (Å²) in [4.78, 5) is 8.89.